The summed E-state index contributed by atoms with van der Waals surface area (Å²) in [5, 5.41) is 0. The number of hydrogen-bond acceptors (Lipinski definition) is 3. The highest BCUT2D eigenvalue weighted by Gasteiger charge is 2.45. The molecule has 0 amide bonds. The molecule has 0 N–H and O–H groups in total. The second-order valence-corrected chi connectivity index (χ2v) is 3.95. The van der Waals surface area contributed by atoms with E-state index in [4.69, 9.17) is 0 Å². The summed E-state index contributed by atoms with van der Waals surface area (Å²) in [4.78, 5) is 0. The maximum atomic E-state index is 11.6. The molecule has 0 heterocycles. The zero-order valence-electron chi connectivity index (χ0n) is 5.86. The second kappa shape index (κ2) is 4.79. The molecule has 0 rings (SSSR count). The first kappa shape index (κ1) is 14.2. The molecule has 0 aliphatic rings. The standard InChI is InChI=1S/C2BF8NS2/c4-1(5,6)13-12(3(10)11)14-2(7,8)9. The summed E-state index contributed by atoms with van der Waals surface area (Å²) in [6.45, 7) is 0. The molecule has 0 aliphatic carbocycles. The molecule has 0 aromatic rings. The Labute approximate surface area is 81.6 Å². The van der Waals surface area contributed by atoms with E-state index < -0.39 is 45.9 Å². The molecule has 1 nitrogen and oxygen atoms in total. The molecule has 84 valence electrons. The normalized spacial score (nSPS) is 13.5. The van der Waals surface area contributed by atoms with Gasteiger partial charge in [0, 0.05) is 23.9 Å². The highest BCUT2D eigenvalue weighted by Crippen LogP contribution is 2.44. The van der Waals surface area contributed by atoms with Crippen LogP contribution in [0.3, 0.4) is 0 Å². The van der Waals surface area contributed by atoms with E-state index in [9.17, 15) is 35.0 Å². The third-order valence-electron chi connectivity index (χ3n) is 0.546. The van der Waals surface area contributed by atoms with Crippen molar-refractivity contribution in [3.05, 3.63) is 0 Å². The number of hydrogen-bond donors (Lipinski definition) is 0. The molecule has 0 saturated heterocycles. The Balaban J connectivity index is 4.32. The zero-order chi connectivity index (χ0) is 11.6. The van der Waals surface area contributed by atoms with E-state index >= 15 is 0 Å². The van der Waals surface area contributed by atoms with Crippen molar-refractivity contribution < 1.29 is 35.0 Å². The van der Waals surface area contributed by atoms with Crippen molar-refractivity contribution in [2.75, 3.05) is 0 Å². The van der Waals surface area contributed by atoms with E-state index in [1.54, 1.807) is 0 Å². The van der Waals surface area contributed by atoms with Crippen LogP contribution in [0.5, 0.6) is 0 Å². The highest BCUT2D eigenvalue weighted by atomic mass is 32.2. The number of halogens is 8. The average molecular weight is 265 g/mol. The lowest BCUT2D eigenvalue weighted by Gasteiger charge is -2.18. The van der Waals surface area contributed by atoms with Crippen molar-refractivity contribution in [1.29, 1.82) is 0 Å². The zero-order valence-corrected chi connectivity index (χ0v) is 7.50. The molecule has 0 saturated carbocycles. The number of rotatable bonds is 3. The third-order valence-corrected chi connectivity index (χ3v) is 2.09. The van der Waals surface area contributed by atoms with Crippen molar-refractivity contribution in [2.45, 2.75) is 11.0 Å². The van der Waals surface area contributed by atoms with Gasteiger partial charge in [0.1, 0.15) is 0 Å². The lowest BCUT2D eigenvalue weighted by molar-refractivity contribution is -0.0372. The van der Waals surface area contributed by atoms with Gasteiger partial charge in [-0.05, 0) is 0 Å². The van der Waals surface area contributed by atoms with E-state index in [0.29, 0.717) is 0 Å². The van der Waals surface area contributed by atoms with Crippen LogP contribution in [0.15, 0.2) is 0 Å². The molecule has 14 heavy (non-hydrogen) atoms. The van der Waals surface area contributed by atoms with Gasteiger partial charge in [0.2, 0.25) is 0 Å². The average Bonchev–Trinajstić information content (AvgIpc) is 1.78. The molecule has 0 aromatic carbocycles. The Morgan fingerprint density at radius 3 is 1.21 bits per heavy atom. The Morgan fingerprint density at radius 1 is 0.786 bits per heavy atom. The molecule has 12 heteroatoms. The summed E-state index contributed by atoms with van der Waals surface area (Å²) in [6.07, 6.45) is 0. The lowest BCUT2D eigenvalue weighted by Crippen LogP contribution is -2.27. The van der Waals surface area contributed by atoms with Gasteiger partial charge in [-0.3, -0.25) is 8.63 Å². The van der Waals surface area contributed by atoms with Gasteiger partial charge in [-0.25, -0.2) is 0 Å². The fraction of sp³-hybridized carbons (Fsp3) is 1.00. The molecule has 0 spiro atoms. The van der Waals surface area contributed by atoms with Gasteiger partial charge in [0.25, 0.3) is 0 Å². The van der Waals surface area contributed by atoms with Crippen molar-refractivity contribution in [2.24, 2.45) is 0 Å². The van der Waals surface area contributed by atoms with E-state index in [1.807, 2.05) is 0 Å². The molecule has 0 aromatic heterocycles. The Morgan fingerprint density at radius 2 is 1.07 bits per heavy atom. The molecule has 0 aliphatic heterocycles. The van der Waals surface area contributed by atoms with Gasteiger partial charge in [-0.1, -0.05) is 0 Å². The number of alkyl halides is 6. The summed E-state index contributed by atoms with van der Waals surface area (Å²) >= 11 is -3.07. The largest absolute Gasteiger partial charge is 0.658 e. The van der Waals surface area contributed by atoms with Gasteiger partial charge < -0.3 is 0 Å². The molecule has 0 fully saturated rings. The fourth-order valence-corrected chi connectivity index (χ4v) is 1.53. The summed E-state index contributed by atoms with van der Waals surface area (Å²) < 4.78 is 90.8. The van der Waals surface area contributed by atoms with E-state index in [1.165, 1.54) is 0 Å². The van der Waals surface area contributed by atoms with E-state index in [-0.39, 0.29) is 0 Å². The van der Waals surface area contributed by atoms with Crippen LogP contribution in [-0.4, -0.2) is 22.0 Å². The van der Waals surface area contributed by atoms with Crippen LogP contribution in [-0.2, 0) is 0 Å². The lowest BCUT2D eigenvalue weighted by atomic mass is 10.3. The van der Waals surface area contributed by atoms with Crippen LogP contribution >= 0.6 is 23.9 Å². The molecule has 0 unspecified atom stereocenters. The van der Waals surface area contributed by atoms with Crippen molar-refractivity contribution in [3.63, 3.8) is 0 Å². The van der Waals surface area contributed by atoms with Crippen molar-refractivity contribution in [3.8, 4) is 0 Å². The minimum absolute atomic E-state index is 1.17. The molecule has 0 radical (unpaired) electrons. The smallest absolute Gasteiger partial charge is 0.268 e. The second-order valence-electron chi connectivity index (χ2n) is 1.64. The Hall–Kier alpha value is 0.165. The van der Waals surface area contributed by atoms with Gasteiger partial charge in [0.05, 0.1) is 0 Å². The number of nitrogens with zero attached hydrogens (tertiary/aromatic N) is 1. The van der Waals surface area contributed by atoms with E-state index in [0.717, 1.165) is 0 Å². The first-order valence-electron chi connectivity index (χ1n) is 2.60. The van der Waals surface area contributed by atoms with Crippen LogP contribution in [0.4, 0.5) is 35.0 Å². The van der Waals surface area contributed by atoms with Crippen LogP contribution < -0.4 is 0 Å². The SMILES string of the molecule is FB(F)N(SC(F)(F)F)SC(F)(F)F. The predicted molar refractivity (Wildman–Crippen MR) is 37.1 cm³/mol. The summed E-state index contributed by atoms with van der Waals surface area (Å²) in [6, 6.07) is 0. The molecular weight excluding hydrogens is 265 g/mol. The van der Waals surface area contributed by atoms with Gasteiger partial charge >= 0.3 is 18.4 Å². The summed E-state index contributed by atoms with van der Waals surface area (Å²) in [5.41, 5.74) is -10.4. The Kier molecular flexibility index (Phi) is 4.85. The monoisotopic (exact) mass is 265 g/mol. The highest BCUT2D eigenvalue weighted by molar-refractivity contribution is 8.14. The predicted octanol–water partition coefficient (Wildman–Crippen LogP) is 3.55. The van der Waals surface area contributed by atoms with Crippen LogP contribution in [0.25, 0.3) is 0 Å². The van der Waals surface area contributed by atoms with Crippen molar-refractivity contribution >= 4 is 31.3 Å². The third kappa shape index (κ3) is 7.56. The minimum atomic E-state index is -5.19. The maximum Gasteiger partial charge on any atom is 0.658 e. The molecule has 0 atom stereocenters. The van der Waals surface area contributed by atoms with E-state index in [2.05, 4.69) is 0 Å². The summed E-state index contributed by atoms with van der Waals surface area (Å²) in [5.74, 6) is 0. The fourth-order valence-electron chi connectivity index (χ4n) is 0.302. The van der Waals surface area contributed by atoms with Gasteiger partial charge in [0.15, 0.2) is 0 Å². The first-order chi connectivity index (χ1) is 6.01. The topological polar surface area (TPSA) is 3.24 Å². The quantitative estimate of drug-likeness (QED) is 0.436. The van der Waals surface area contributed by atoms with Crippen LogP contribution in [0, 0.1) is 0 Å². The van der Waals surface area contributed by atoms with Gasteiger partial charge in [-0.2, -0.15) is 30.0 Å². The van der Waals surface area contributed by atoms with Gasteiger partial charge in [-0.15, -0.1) is 0 Å². The van der Waals surface area contributed by atoms with Crippen molar-refractivity contribution in [1.82, 2.24) is 3.62 Å². The minimum Gasteiger partial charge on any atom is -0.268 e. The first-order valence-corrected chi connectivity index (χ1v) is 4.15. The van der Waals surface area contributed by atoms with Crippen LogP contribution in [0.1, 0.15) is 0 Å². The van der Waals surface area contributed by atoms with Crippen LogP contribution in [0.2, 0.25) is 0 Å². The molecule has 0 bridgehead atoms. The maximum absolute atomic E-state index is 11.6. The Bertz CT molecular complexity index is 161. The summed E-state index contributed by atoms with van der Waals surface area (Å²) in [7, 11) is -3.87. The molecular formula is C2BF8NS2.